The van der Waals surface area contributed by atoms with Gasteiger partial charge in [-0.15, -0.1) is 0 Å². The largest absolute Gasteiger partial charge is 0.416 e. The van der Waals surface area contributed by atoms with Gasteiger partial charge in [0.1, 0.15) is 5.69 Å². The third-order valence-electron chi connectivity index (χ3n) is 6.19. The number of hydrogen-bond acceptors (Lipinski definition) is 5. The highest BCUT2D eigenvalue weighted by Crippen LogP contribution is 2.36. The number of carbonyl (C=O) groups is 1. The van der Waals surface area contributed by atoms with Crippen molar-refractivity contribution >= 4 is 21.6 Å². The Labute approximate surface area is 194 Å². The molecule has 12 heteroatoms. The van der Waals surface area contributed by atoms with E-state index in [0.29, 0.717) is 38.0 Å². The lowest BCUT2D eigenvalue weighted by molar-refractivity contribution is -0.137. The molecule has 8 nitrogen and oxygen atoms in total. The summed E-state index contributed by atoms with van der Waals surface area (Å²) < 4.78 is 73.0. The van der Waals surface area contributed by atoms with Crippen LogP contribution >= 0.6 is 0 Å². The van der Waals surface area contributed by atoms with Gasteiger partial charge in [0.05, 0.1) is 23.5 Å². The number of hydrogen-bond donors (Lipinski definition) is 1. The number of likely N-dealkylation sites (tertiary alicyclic amines) is 1. The highest BCUT2D eigenvalue weighted by atomic mass is 32.2. The zero-order valence-electron chi connectivity index (χ0n) is 18.3. The molecule has 4 rings (SSSR count). The third kappa shape index (κ3) is 4.83. The van der Waals surface area contributed by atoms with Crippen LogP contribution in [0.5, 0.6) is 0 Å². The molecule has 0 aliphatic carbocycles. The molecule has 0 saturated carbocycles. The highest BCUT2D eigenvalue weighted by molar-refractivity contribution is 7.92. The molecule has 1 saturated heterocycles. The smallest absolute Gasteiger partial charge is 0.384 e. The van der Waals surface area contributed by atoms with E-state index in [2.05, 4.69) is 4.72 Å². The van der Waals surface area contributed by atoms with E-state index >= 15 is 0 Å². The fraction of sp³-hybridized carbons (Fsp3) is 0.455. The van der Waals surface area contributed by atoms with Gasteiger partial charge in [-0.25, -0.2) is 8.42 Å². The number of carbonyl (C=O) groups excluding carboxylic acids is 1. The maximum absolute atomic E-state index is 13.1. The zero-order chi connectivity index (χ0) is 24.7. The first-order valence-electron chi connectivity index (χ1n) is 10.7. The highest BCUT2D eigenvalue weighted by Gasteiger charge is 2.37. The Morgan fingerprint density at radius 2 is 1.94 bits per heavy atom. The Morgan fingerprint density at radius 3 is 2.65 bits per heavy atom. The van der Waals surface area contributed by atoms with Crippen molar-refractivity contribution in [3.8, 4) is 0 Å². The van der Waals surface area contributed by atoms with Crippen LogP contribution in [0.25, 0.3) is 0 Å². The molecule has 1 aromatic heterocycles. The standard InChI is InChI=1S/C22H24F3N3O5S/c1-33-8-7-20(29)27-11-14-9-15(13-27)19-6-5-18(21(30)28(19)12-14)26-34(31,32)17-4-2-3-16(10-17)22(23,24)25/h2-6,10,14-15,26H,7-9,11-13H2,1H3/t14-,15-/m1/s1. The van der Waals surface area contributed by atoms with Gasteiger partial charge in [0.25, 0.3) is 15.6 Å². The number of piperidine rings is 1. The molecule has 1 fully saturated rings. The predicted molar refractivity (Wildman–Crippen MR) is 117 cm³/mol. The number of rotatable bonds is 6. The number of amides is 1. The molecular formula is C22H24F3N3O5S. The van der Waals surface area contributed by atoms with E-state index in [1.807, 2.05) is 0 Å². The first-order valence-corrected chi connectivity index (χ1v) is 12.2. The molecule has 2 bridgehead atoms. The normalized spacial score (nSPS) is 20.1. The monoisotopic (exact) mass is 499 g/mol. The van der Waals surface area contributed by atoms with E-state index in [4.69, 9.17) is 4.74 Å². The minimum absolute atomic E-state index is 0.0159. The van der Waals surface area contributed by atoms with Gasteiger partial charge in [0, 0.05) is 38.4 Å². The molecule has 0 radical (unpaired) electrons. The first-order chi connectivity index (χ1) is 16.0. The number of pyridine rings is 1. The molecule has 1 N–H and O–H groups in total. The summed E-state index contributed by atoms with van der Waals surface area (Å²) in [6.07, 6.45) is -3.62. The average Bonchev–Trinajstić information content (AvgIpc) is 2.79. The van der Waals surface area contributed by atoms with Gasteiger partial charge < -0.3 is 14.2 Å². The third-order valence-corrected chi connectivity index (χ3v) is 7.56. The maximum atomic E-state index is 13.1. The number of sulfonamides is 1. The lowest BCUT2D eigenvalue weighted by Gasteiger charge is -2.43. The summed E-state index contributed by atoms with van der Waals surface area (Å²) in [4.78, 5) is 26.7. The van der Waals surface area contributed by atoms with Crippen LogP contribution in [0.15, 0.2) is 46.1 Å². The Balaban J connectivity index is 1.58. The lowest BCUT2D eigenvalue weighted by Crippen LogP contribution is -2.49. The van der Waals surface area contributed by atoms with Crippen LogP contribution in [-0.2, 0) is 32.3 Å². The molecule has 1 aromatic carbocycles. The number of methoxy groups -OCH3 is 1. The number of fused-ring (bicyclic) bond motifs is 4. The molecule has 184 valence electrons. The summed E-state index contributed by atoms with van der Waals surface area (Å²) in [6, 6.07) is 6.29. The molecule has 1 amide bonds. The van der Waals surface area contributed by atoms with Gasteiger partial charge in [0.15, 0.2) is 0 Å². The van der Waals surface area contributed by atoms with Gasteiger partial charge in [-0.1, -0.05) is 6.07 Å². The topological polar surface area (TPSA) is 97.7 Å². The molecule has 2 atom stereocenters. The van der Waals surface area contributed by atoms with Crippen molar-refractivity contribution in [1.29, 1.82) is 0 Å². The van der Waals surface area contributed by atoms with E-state index < -0.39 is 32.2 Å². The zero-order valence-corrected chi connectivity index (χ0v) is 19.2. The number of benzene rings is 1. The van der Waals surface area contributed by atoms with E-state index in [-0.39, 0.29) is 29.9 Å². The van der Waals surface area contributed by atoms with Gasteiger partial charge in [0.2, 0.25) is 5.91 Å². The number of nitrogens with one attached hydrogen (secondary N) is 1. The number of ether oxygens (including phenoxy) is 1. The van der Waals surface area contributed by atoms with Crippen molar-refractivity contribution in [2.45, 2.75) is 36.4 Å². The number of anilines is 1. The fourth-order valence-electron chi connectivity index (χ4n) is 4.62. The first kappa shape index (κ1) is 24.3. The second-order valence-corrected chi connectivity index (χ2v) is 10.2. The molecule has 2 aliphatic heterocycles. The van der Waals surface area contributed by atoms with E-state index in [0.717, 1.165) is 24.6 Å². The Hall–Kier alpha value is -2.86. The van der Waals surface area contributed by atoms with Crippen LogP contribution in [0, 0.1) is 5.92 Å². The summed E-state index contributed by atoms with van der Waals surface area (Å²) in [5, 5.41) is 0. The molecule has 3 heterocycles. The van der Waals surface area contributed by atoms with Crippen molar-refractivity contribution in [2.75, 3.05) is 31.5 Å². The molecule has 2 aliphatic rings. The predicted octanol–water partition coefficient (Wildman–Crippen LogP) is 2.65. The Kier molecular flexibility index (Phi) is 6.47. The van der Waals surface area contributed by atoms with Crippen molar-refractivity contribution in [1.82, 2.24) is 9.47 Å². The van der Waals surface area contributed by atoms with Gasteiger partial charge in [-0.3, -0.25) is 14.3 Å². The van der Waals surface area contributed by atoms with Crippen LogP contribution in [0.3, 0.4) is 0 Å². The SMILES string of the molecule is COCCC(=O)N1C[C@H]2C[C@H](C1)c1ccc(NS(=O)(=O)c3cccc(C(F)(F)F)c3)c(=O)n1C2. The van der Waals surface area contributed by atoms with Crippen LogP contribution < -0.4 is 10.3 Å². The van der Waals surface area contributed by atoms with Gasteiger partial charge in [-0.05, 0) is 42.7 Å². The number of halogens is 3. The summed E-state index contributed by atoms with van der Waals surface area (Å²) in [5.74, 6) is -0.0515. The van der Waals surface area contributed by atoms with E-state index in [9.17, 15) is 31.2 Å². The molecule has 2 aromatic rings. The molecule has 34 heavy (non-hydrogen) atoms. The quantitative estimate of drug-likeness (QED) is 0.659. The van der Waals surface area contributed by atoms with Crippen molar-refractivity contribution in [3.63, 3.8) is 0 Å². The number of nitrogens with zero attached hydrogens (tertiary/aromatic N) is 2. The number of alkyl halides is 3. The summed E-state index contributed by atoms with van der Waals surface area (Å²) in [6.45, 7) is 1.59. The van der Waals surface area contributed by atoms with Crippen molar-refractivity contribution in [2.24, 2.45) is 5.92 Å². The minimum atomic E-state index is -4.70. The van der Waals surface area contributed by atoms with Crippen molar-refractivity contribution < 1.29 is 31.1 Å². The summed E-state index contributed by atoms with van der Waals surface area (Å²) in [5.41, 5.74) is -1.21. The second-order valence-electron chi connectivity index (χ2n) is 8.56. The average molecular weight is 500 g/mol. The Bertz CT molecular complexity index is 1260. The summed E-state index contributed by atoms with van der Waals surface area (Å²) in [7, 11) is -2.89. The minimum Gasteiger partial charge on any atom is -0.384 e. The maximum Gasteiger partial charge on any atom is 0.416 e. The van der Waals surface area contributed by atoms with Crippen LogP contribution in [-0.4, -0.2) is 50.6 Å². The Morgan fingerprint density at radius 1 is 1.18 bits per heavy atom. The van der Waals surface area contributed by atoms with Gasteiger partial charge >= 0.3 is 6.18 Å². The van der Waals surface area contributed by atoms with Crippen LogP contribution in [0.1, 0.15) is 30.0 Å². The number of aromatic nitrogens is 1. The van der Waals surface area contributed by atoms with Gasteiger partial charge in [-0.2, -0.15) is 13.2 Å². The molecule has 0 spiro atoms. The summed E-state index contributed by atoms with van der Waals surface area (Å²) >= 11 is 0. The second kappa shape index (κ2) is 9.06. The van der Waals surface area contributed by atoms with Crippen LogP contribution in [0.4, 0.5) is 18.9 Å². The molecular weight excluding hydrogens is 475 g/mol. The fourth-order valence-corrected chi connectivity index (χ4v) is 5.72. The van der Waals surface area contributed by atoms with Crippen LogP contribution in [0.2, 0.25) is 0 Å². The van der Waals surface area contributed by atoms with E-state index in [1.54, 1.807) is 11.0 Å². The van der Waals surface area contributed by atoms with E-state index in [1.165, 1.54) is 17.7 Å². The van der Waals surface area contributed by atoms with Crippen molar-refractivity contribution in [3.05, 3.63) is 58.0 Å². The lowest BCUT2D eigenvalue weighted by atomic mass is 9.83. The molecule has 0 unspecified atom stereocenters.